The third-order valence-electron chi connectivity index (χ3n) is 2.30. The third kappa shape index (κ3) is 2.21. The van der Waals surface area contributed by atoms with E-state index < -0.39 is 11.7 Å². The van der Waals surface area contributed by atoms with Crippen molar-refractivity contribution in [3.63, 3.8) is 0 Å². The molecule has 0 fully saturated rings. The molecule has 0 aromatic heterocycles. The first-order valence-electron chi connectivity index (χ1n) is 4.43. The molecular formula is C10H8F3IO. The van der Waals surface area contributed by atoms with Crippen molar-refractivity contribution in [3.05, 3.63) is 29.3 Å². The van der Waals surface area contributed by atoms with Crippen LogP contribution in [-0.2, 0) is 12.6 Å². The summed E-state index contributed by atoms with van der Waals surface area (Å²) in [6.45, 7) is 0. The van der Waals surface area contributed by atoms with Crippen molar-refractivity contribution in [2.24, 2.45) is 0 Å². The van der Waals surface area contributed by atoms with Crippen LogP contribution in [0.4, 0.5) is 13.2 Å². The van der Waals surface area contributed by atoms with Crippen LogP contribution in [0.25, 0.3) is 0 Å². The van der Waals surface area contributed by atoms with E-state index in [9.17, 15) is 13.2 Å². The Morgan fingerprint density at radius 2 is 2.13 bits per heavy atom. The first-order valence-corrected chi connectivity index (χ1v) is 5.96. The van der Waals surface area contributed by atoms with Gasteiger partial charge in [-0.3, -0.25) is 0 Å². The van der Waals surface area contributed by atoms with Gasteiger partial charge < -0.3 is 4.74 Å². The second-order valence-corrected chi connectivity index (χ2v) is 4.30. The lowest BCUT2D eigenvalue weighted by Gasteiger charge is -2.07. The highest BCUT2D eigenvalue weighted by atomic mass is 127. The highest BCUT2D eigenvalue weighted by Gasteiger charge is 2.32. The molecule has 0 amide bonds. The summed E-state index contributed by atoms with van der Waals surface area (Å²) in [4.78, 5) is 0. The zero-order chi connectivity index (χ0) is 11.1. The van der Waals surface area contributed by atoms with Gasteiger partial charge in [0.05, 0.1) is 5.56 Å². The smallest absolute Gasteiger partial charge is 0.416 e. The molecule has 82 valence electrons. The molecule has 0 spiro atoms. The van der Waals surface area contributed by atoms with Crippen LogP contribution in [0.5, 0.6) is 5.75 Å². The Bertz CT molecular complexity index is 375. The molecule has 1 heterocycles. The molecule has 0 aliphatic carbocycles. The fraction of sp³-hybridized carbons (Fsp3) is 0.400. The number of alkyl halides is 4. The first kappa shape index (κ1) is 11.0. The van der Waals surface area contributed by atoms with E-state index in [2.05, 4.69) is 22.6 Å². The standard InChI is InChI=1S/C10H8F3IO/c11-10(12,13)7-1-2-9-6(3-7)4-8(5-14)15-9/h1-3,8H,4-5H2. The van der Waals surface area contributed by atoms with Crippen LogP contribution in [0.2, 0.25) is 0 Å². The molecule has 1 atom stereocenters. The topological polar surface area (TPSA) is 9.23 Å². The van der Waals surface area contributed by atoms with Gasteiger partial charge in [0.2, 0.25) is 0 Å². The van der Waals surface area contributed by atoms with Crippen LogP contribution in [0.1, 0.15) is 11.1 Å². The second kappa shape index (κ2) is 3.84. The summed E-state index contributed by atoms with van der Waals surface area (Å²) >= 11 is 2.17. The summed E-state index contributed by atoms with van der Waals surface area (Å²) in [6.07, 6.45) is -3.68. The number of halogens is 4. The summed E-state index contributed by atoms with van der Waals surface area (Å²) in [5, 5.41) is 0. The minimum absolute atomic E-state index is 0.0177. The zero-order valence-electron chi connectivity index (χ0n) is 7.64. The first-order chi connectivity index (χ1) is 7.00. The number of benzene rings is 1. The molecule has 0 saturated heterocycles. The summed E-state index contributed by atoms with van der Waals surface area (Å²) < 4.78 is 43.4. The minimum Gasteiger partial charge on any atom is -0.489 e. The maximum Gasteiger partial charge on any atom is 0.416 e. The summed E-state index contributed by atoms with van der Waals surface area (Å²) in [5.41, 5.74) is 0.0606. The summed E-state index contributed by atoms with van der Waals surface area (Å²) in [7, 11) is 0. The number of hydrogen-bond acceptors (Lipinski definition) is 1. The fourth-order valence-electron chi connectivity index (χ4n) is 1.58. The van der Waals surface area contributed by atoms with E-state index in [0.717, 1.165) is 10.5 Å². The molecule has 0 radical (unpaired) electrons. The molecule has 0 bridgehead atoms. The van der Waals surface area contributed by atoms with Crippen LogP contribution < -0.4 is 4.74 Å². The monoisotopic (exact) mass is 328 g/mol. The highest BCUT2D eigenvalue weighted by Crippen LogP contribution is 2.36. The number of hydrogen-bond donors (Lipinski definition) is 0. The van der Waals surface area contributed by atoms with E-state index in [4.69, 9.17) is 4.74 Å². The van der Waals surface area contributed by atoms with Gasteiger partial charge in [-0.25, -0.2) is 0 Å². The van der Waals surface area contributed by atoms with Gasteiger partial charge in [-0.1, -0.05) is 22.6 Å². The molecule has 0 saturated carbocycles. The normalized spacial score (nSPS) is 19.9. The summed E-state index contributed by atoms with van der Waals surface area (Å²) in [5.74, 6) is 0.588. The van der Waals surface area contributed by atoms with Crippen LogP contribution in [-0.4, -0.2) is 10.5 Å². The van der Waals surface area contributed by atoms with E-state index in [1.54, 1.807) is 0 Å². The van der Waals surface area contributed by atoms with Gasteiger partial charge in [0, 0.05) is 10.8 Å². The second-order valence-electron chi connectivity index (χ2n) is 3.42. The molecule has 15 heavy (non-hydrogen) atoms. The lowest BCUT2D eigenvalue weighted by molar-refractivity contribution is -0.137. The maximum absolute atomic E-state index is 12.4. The molecule has 5 heteroatoms. The molecule has 1 aromatic rings. The van der Waals surface area contributed by atoms with Crippen molar-refractivity contribution in [2.45, 2.75) is 18.7 Å². The van der Waals surface area contributed by atoms with E-state index in [1.165, 1.54) is 12.1 Å². The molecule has 0 N–H and O–H groups in total. The summed E-state index contributed by atoms with van der Waals surface area (Å²) in [6, 6.07) is 3.65. The molecular weight excluding hydrogens is 320 g/mol. The van der Waals surface area contributed by atoms with E-state index >= 15 is 0 Å². The van der Waals surface area contributed by atoms with Gasteiger partial charge in [0.1, 0.15) is 11.9 Å². The Morgan fingerprint density at radius 3 is 2.73 bits per heavy atom. The van der Waals surface area contributed by atoms with Crippen LogP contribution in [0, 0.1) is 0 Å². The SMILES string of the molecule is FC(F)(F)c1ccc2c(c1)CC(CI)O2. The van der Waals surface area contributed by atoms with Crippen molar-refractivity contribution >= 4 is 22.6 Å². The molecule has 1 nitrogen and oxygen atoms in total. The lowest BCUT2D eigenvalue weighted by Crippen LogP contribution is -2.13. The van der Waals surface area contributed by atoms with Crippen molar-refractivity contribution in [1.82, 2.24) is 0 Å². The van der Waals surface area contributed by atoms with Crippen LogP contribution in [0.3, 0.4) is 0 Å². The Kier molecular flexibility index (Phi) is 2.83. The van der Waals surface area contributed by atoms with E-state index in [-0.39, 0.29) is 6.10 Å². The predicted molar refractivity (Wildman–Crippen MR) is 58.5 cm³/mol. The Morgan fingerprint density at radius 1 is 1.40 bits per heavy atom. The van der Waals surface area contributed by atoms with Gasteiger partial charge in [0.15, 0.2) is 0 Å². The maximum atomic E-state index is 12.4. The fourth-order valence-corrected chi connectivity index (χ4v) is 2.07. The minimum atomic E-state index is -4.27. The van der Waals surface area contributed by atoms with Crippen LogP contribution in [0.15, 0.2) is 18.2 Å². The molecule has 1 aliphatic heterocycles. The number of rotatable bonds is 1. The Labute approximate surface area is 98.8 Å². The largest absolute Gasteiger partial charge is 0.489 e. The average Bonchev–Trinajstić information content (AvgIpc) is 2.57. The van der Waals surface area contributed by atoms with Crippen molar-refractivity contribution in [2.75, 3.05) is 4.43 Å². The molecule has 2 rings (SSSR count). The molecule has 1 aromatic carbocycles. The predicted octanol–water partition coefficient (Wildman–Crippen LogP) is 3.44. The van der Waals surface area contributed by atoms with Crippen molar-refractivity contribution in [1.29, 1.82) is 0 Å². The van der Waals surface area contributed by atoms with Gasteiger partial charge in [0.25, 0.3) is 0 Å². The Hall–Kier alpha value is -0.460. The van der Waals surface area contributed by atoms with Crippen molar-refractivity contribution in [3.8, 4) is 5.75 Å². The number of ether oxygens (including phenoxy) is 1. The van der Waals surface area contributed by atoms with Gasteiger partial charge in [-0.15, -0.1) is 0 Å². The van der Waals surface area contributed by atoms with Crippen LogP contribution >= 0.6 is 22.6 Å². The zero-order valence-corrected chi connectivity index (χ0v) is 9.80. The molecule has 1 unspecified atom stereocenters. The van der Waals surface area contributed by atoms with Gasteiger partial charge >= 0.3 is 6.18 Å². The average molecular weight is 328 g/mol. The highest BCUT2D eigenvalue weighted by molar-refractivity contribution is 14.1. The quantitative estimate of drug-likeness (QED) is 0.567. The lowest BCUT2D eigenvalue weighted by atomic mass is 10.1. The van der Waals surface area contributed by atoms with E-state index in [1.807, 2.05) is 0 Å². The van der Waals surface area contributed by atoms with Gasteiger partial charge in [-0.2, -0.15) is 13.2 Å². The Balaban J connectivity index is 2.30. The van der Waals surface area contributed by atoms with Crippen molar-refractivity contribution < 1.29 is 17.9 Å². The van der Waals surface area contributed by atoms with Gasteiger partial charge in [-0.05, 0) is 23.8 Å². The third-order valence-corrected chi connectivity index (χ3v) is 3.28. The molecule has 1 aliphatic rings. The number of fused-ring (bicyclic) bond motifs is 1. The van der Waals surface area contributed by atoms with E-state index in [0.29, 0.717) is 17.7 Å².